The molecule has 3 aromatic carbocycles. The fourth-order valence-electron chi connectivity index (χ4n) is 5.00. The van der Waals surface area contributed by atoms with Gasteiger partial charge in [0.05, 0.1) is 6.04 Å². The number of hydrogen-bond donors (Lipinski definition) is 3. The Hall–Kier alpha value is -4.11. The van der Waals surface area contributed by atoms with E-state index in [1.54, 1.807) is 11.9 Å². The molecule has 3 amide bonds. The van der Waals surface area contributed by atoms with Crippen LogP contribution < -0.4 is 10.6 Å². The van der Waals surface area contributed by atoms with Crippen LogP contribution in [0.4, 0.5) is 8.78 Å². The Labute approximate surface area is 225 Å². The first kappa shape index (κ1) is 27.9. The summed E-state index contributed by atoms with van der Waals surface area (Å²) in [5.74, 6) is -3.81. The van der Waals surface area contributed by atoms with E-state index in [1.807, 2.05) is 60.7 Å². The second kappa shape index (κ2) is 12.2. The molecule has 3 aromatic rings. The first-order valence-corrected chi connectivity index (χ1v) is 12.8. The summed E-state index contributed by atoms with van der Waals surface area (Å²) < 4.78 is 27.0. The Balaban J connectivity index is 1.50. The van der Waals surface area contributed by atoms with Gasteiger partial charge >= 0.3 is 0 Å². The lowest BCUT2D eigenvalue weighted by Crippen LogP contribution is -2.53. The molecule has 39 heavy (non-hydrogen) atoms. The number of nitrogens with zero attached hydrogens (tertiary/aromatic N) is 1. The molecule has 1 fully saturated rings. The number of likely N-dealkylation sites (tertiary alicyclic amines) is 1. The molecule has 0 spiro atoms. The molecule has 0 bridgehead atoms. The Kier molecular flexibility index (Phi) is 8.71. The van der Waals surface area contributed by atoms with Crippen molar-refractivity contribution in [2.45, 2.75) is 49.9 Å². The maximum atomic E-state index is 13.6. The van der Waals surface area contributed by atoms with Crippen molar-refractivity contribution in [2.75, 3.05) is 7.05 Å². The number of benzene rings is 3. The highest BCUT2D eigenvalue weighted by atomic mass is 19.1. The van der Waals surface area contributed by atoms with Crippen LogP contribution in [0, 0.1) is 11.6 Å². The van der Waals surface area contributed by atoms with Crippen molar-refractivity contribution in [3.05, 3.63) is 107 Å². The Morgan fingerprint density at radius 1 is 0.897 bits per heavy atom. The molecular weight excluding hydrogens is 504 g/mol. The van der Waals surface area contributed by atoms with Crippen LogP contribution in [0.2, 0.25) is 0 Å². The standard InChI is InChI=1S/C30H31F2N3O4/c1-18(33-29(38)27(36)22-13-23(31)17-24(32)14-22)28(37)34-25-15-21(19-9-5-3-6-10-19)16-26(35(2)30(25)39)20-11-7-4-8-12-20/h3-14,17-18,21,25-27,36H,15-16H2,1-2H3,(H,33,38)(H,34,37)/t18-,21-,25-,26-,27+/m0/s1. The number of halogens is 2. The van der Waals surface area contributed by atoms with Crippen molar-refractivity contribution in [1.29, 1.82) is 0 Å². The minimum atomic E-state index is -1.88. The molecule has 1 aliphatic heterocycles. The van der Waals surface area contributed by atoms with Crippen LogP contribution in [0.25, 0.3) is 0 Å². The van der Waals surface area contributed by atoms with Gasteiger partial charge in [-0.2, -0.15) is 0 Å². The summed E-state index contributed by atoms with van der Waals surface area (Å²) in [6, 6.07) is 19.6. The number of carbonyl (C=O) groups is 3. The van der Waals surface area contributed by atoms with Crippen LogP contribution >= 0.6 is 0 Å². The first-order valence-electron chi connectivity index (χ1n) is 12.8. The van der Waals surface area contributed by atoms with Gasteiger partial charge in [-0.3, -0.25) is 14.4 Å². The minimum Gasteiger partial charge on any atom is -0.378 e. The van der Waals surface area contributed by atoms with Gasteiger partial charge in [-0.1, -0.05) is 60.7 Å². The third kappa shape index (κ3) is 6.67. The van der Waals surface area contributed by atoms with Crippen LogP contribution in [0.5, 0.6) is 0 Å². The fourth-order valence-corrected chi connectivity index (χ4v) is 5.00. The van der Waals surface area contributed by atoms with E-state index in [0.29, 0.717) is 18.9 Å². The molecule has 7 nitrogen and oxygen atoms in total. The van der Waals surface area contributed by atoms with E-state index in [1.165, 1.54) is 6.92 Å². The quantitative estimate of drug-likeness (QED) is 0.429. The topological polar surface area (TPSA) is 98.7 Å². The van der Waals surface area contributed by atoms with Gasteiger partial charge in [0.1, 0.15) is 23.7 Å². The zero-order valence-electron chi connectivity index (χ0n) is 21.7. The lowest BCUT2D eigenvalue weighted by atomic mass is 9.86. The summed E-state index contributed by atoms with van der Waals surface area (Å²) in [5.41, 5.74) is 1.76. The summed E-state index contributed by atoms with van der Waals surface area (Å²) in [6.07, 6.45) is -0.871. The van der Waals surface area contributed by atoms with E-state index in [0.717, 1.165) is 23.3 Å². The van der Waals surface area contributed by atoms with Crippen LogP contribution in [-0.4, -0.2) is 46.9 Å². The largest absolute Gasteiger partial charge is 0.378 e. The molecule has 0 aliphatic carbocycles. The van der Waals surface area contributed by atoms with Gasteiger partial charge < -0.3 is 20.6 Å². The predicted octanol–water partition coefficient (Wildman–Crippen LogP) is 3.77. The van der Waals surface area contributed by atoms with Crippen LogP contribution in [-0.2, 0) is 14.4 Å². The predicted molar refractivity (Wildman–Crippen MR) is 141 cm³/mol. The van der Waals surface area contributed by atoms with Gasteiger partial charge in [-0.05, 0) is 54.5 Å². The number of carbonyl (C=O) groups excluding carboxylic acids is 3. The number of amides is 3. The van der Waals surface area contributed by atoms with Crippen LogP contribution in [0.15, 0.2) is 78.9 Å². The zero-order valence-corrected chi connectivity index (χ0v) is 21.7. The van der Waals surface area contributed by atoms with Gasteiger partial charge in [0.2, 0.25) is 11.8 Å². The number of likely N-dealkylation sites (N-methyl/N-ethyl adjacent to an activating group) is 1. The molecular formula is C30H31F2N3O4. The molecule has 1 aliphatic rings. The minimum absolute atomic E-state index is 0.0369. The number of aliphatic hydroxyl groups is 1. The molecule has 0 unspecified atom stereocenters. The molecule has 0 aromatic heterocycles. The van der Waals surface area contributed by atoms with Crippen molar-refractivity contribution in [3.8, 4) is 0 Å². The van der Waals surface area contributed by atoms with E-state index >= 15 is 0 Å². The molecule has 1 saturated heterocycles. The number of aliphatic hydroxyl groups excluding tert-OH is 1. The molecule has 4 rings (SSSR count). The molecule has 0 saturated carbocycles. The average Bonchev–Trinajstić information content (AvgIpc) is 3.05. The fraction of sp³-hybridized carbons (Fsp3) is 0.300. The first-order chi connectivity index (χ1) is 18.6. The van der Waals surface area contributed by atoms with Crippen molar-refractivity contribution in [2.24, 2.45) is 0 Å². The molecule has 9 heteroatoms. The molecule has 5 atom stereocenters. The monoisotopic (exact) mass is 535 g/mol. The van der Waals surface area contributed by atoms with Crippen molar-refractivity contribution < 1.29 is 28.3 Å². The van der Waals surface area contributed by atoms with E-state index in [2.05, 4.69) is 10.6 Å². The third-order valence-corrected chi connectivity index (χ3v) is 7.11. The number of rotatable bonds is 7. The van der Waals surface area contributed by atoms with Crippen LogP contribution in [0.3, 0.4) is 0 Å². The third-order valence-electron chi connectivity index (χ3n) is 7.11. The molecule has 1 heterocycles. The lowest BCUT2D eigenvalue weighted by molar-refractivity contribution is -0.138. The molecule has 204 valence electrons. The number of nitrogens with one attached hydrogen (secondary N) is 2. The summed E-state index contributed by atoms with van der Waals surface area (Å²) in [7, 11) is 1.71. The van der Waals surface area contributed by atoms with Gasteiger partial charge in [0.25, 0.3) is 5.91 Å². The highest BCUT2D eigenvalue weighted by Crippen LogP contribution is 2.38. The normalized spacial score (nSPS) is 21.0. The second-order valence-electron chi connectivity index (χ2n) is 9.85. The van der Waals surface area contributed by atoms with Crippen molar-refractivity contribution in [1.82, 2.24) is 15.5 Å². The average molecular weight is 536 g/mol. The summed E-state index contributed by atoms with van der Waals surface area (Å²) in [6.45, 7) is 1.40. The second-order valence-corrected chi connectivity index (χ2v) is 9.85. The maximum absolute atomic E-state index is 13.6. The lowest BCUT2D eigenvalue weighted by Gasteiger charge is -2.29. The summed E-state index contributed by atoms with van der Waals surface area (Å²) in [5, 5.41) is 15.4. The van der Waals surface area contributed by atoms with Gasteiger partial charge in [0, 0.05) is 13.1 Å². The highest BCUT2D eigenvalue weighted by molar-refractivity contribution is 5.93. The van der Waals surface area contributed by atoms with E-state index in [-0.39, 0.29) is 23.4 Å². The van der Waals surface area contributed by atoms with E-state index in [9.17, 15) is 28.3 Å². The SMILES string of the molecule is C[C@H](NC(=O)[C@H](O)c1cc(F)cc(F)c1)C(=O)N[C@H]1C[C@H](c2ccccc2)C[C@@H](c2ccccc2)N(C)C1=O. The van der Waals surface area contributed by atoms with Crippen LogP contribution in [0.1, 0.15) is 54.5 Å². The van der Waals surface area contributed by atoms with Gasteiger partial charge in [-0.15, -0.1) is 0 Å². The summed E-state index contributed by atoms with van der Waals surface area (Å²) >= 11 is 0. The molecule has 0 radical (unpaired) electrons. The zero-order chi connectivity index (χ0) is 28.1. The Morgan fingerprint density at radius 2 is 1.46 bits per heavy atom. The van der Waals surface area contributed by atoms with Gasteiger partial charge in [0.15, 0.2) is 6.10 Å². The van der Waals surface area contributed by atoms with Crippen molar-refractivity contribution >= 4 is 17.7 Å². The highest BCUT2D eigenvalue weighted by Gasteiger charge is 2.38. The van der Waals surface area contributed by atoms with E-state index in [4.69, 9.17) is 0 Å². The molecule has 3 N–H and O–H groups in total. The smallest absolute Gasteiger partial charge is 0.254 e. The maximum Gasteiger partial charge on any atom is 0.254 e. The Bertz CT molecular complexity index is 1300. The number of hydrogen-bond acceptors (Lipinski definition) is 4. The Morgan fingerprint density at radius 3 is 2.05 bits per heavy atom. The van der Waals surface area contributed by atoms with Crippen molar-refractivity contribution in [3.63, 3.8) is 0 Å². The van der Waals surface area contributed by atoms with Gasteiger partial charge in [-0.25, -0.2) is 8.78 Å². The summed E-state index contributed by atoms with van der Waals surface area (Å²) in [4.78, 5) is 40.8. The van der Waals surface area contributed by atoms with E-state index < -0.39 is 41.6 Å².